The van der Waals surface area contributed by atoms with E-state index in [1.54, 1.807) is 0 Å². The largest absolute Gasteiger partial charge is 0.463 e. The third-order valence-corrected chi connectivity index (χ3v) is 16.0. The predicted octanol–water partition coefficient (Wildman–Crippen LogP) is 3.71. The van der Waals surface area contributed by atoms with Crippen LogP contribution in [0, 0.1) is 45.3 Å². The van der Waals surface area contributed by atoms with Gasteiger partial charge in [0.1, 0.15) is 43.2 Å². The lowest BCUT2D eigenvalue weighted by Gasteiger charge is -2.67. The van der Waals surface area contributed by atoms with Gasteiger partial charge in [0.05, 0.1) is 24.9 Å². The summed E-state index contributed by atoms with van der Waals surface area (Å²) in [4.78, 5) is 23.2. The van der Waals surface area contributed by atoms with Crippen LogP contribution in [-0.4, -0.2) is 129 Å². The molecule has 14 nitrogen and oxygen atoms in total. The van der Waals surface area contributed by atoms with Crippen LogP contribution in [0.3, 0.4) is 0 Å². The van der Waals surface area contributed by atoms with Gasteiger partial charge in [-0.15, -0.1) is 0 Å². The molecule has 0 aromatic rings. The molecule has 0 aromatic carbocycles. The molecule has 3 saturated carbocycles. The second kappa shape index (κ2) is 17.3. The van der Waals surface area contributed by atoms with Gasteiger partial charge < -0.3 is 59.1 Å². The number of esters is 2. The van der Waals surface area contributed by atoms with E-state index in [9.17, 15) is 40.2 Å². The van der Waals surface area contributed by atoms with Crippen LogP contribution in [0.5, 0.6) is 0 Å². The molecule has 19 atom stereocenters. The summed E-state index contributed by atoms with van der Waals surface area (Å²) in [6, 6.07) is 0. The van der Waals surface area contributed by atoms with E-state index in [1.165, 1.54) is 19.4 Å². The first-order valence-corrected chi connectivity index (χ1v) is 21.8. The van der Waals surface area contributed by atoms with Gasteiger partial charge in [-0.25, -0.2) is 0 Å². The van der Waals surface area contributed by atoms with Crippen LogP contribution >= 0.6 is 0 Å². The van der Waals surface area contributed by atoms with Crippen molar-refractivity contribution in [2.24, 2.45) is 45.3 Å². The number of aliphatic hydroxyl groups is 6. The van der Waals surface area contributed by atoms with Gasteiger partial charge in [0.2, 0.25) is 0 Å². The highest BCUT2D eigenvalue weighted by Crippen LogP contribution is 2.75. The van der Waals surface area contributed by atoms with Gasteiger partial charge in [-0.3, -0.25) is 9.59 Å². The summed E-state index contributed by atoms with van der Waals surface area (Å²) >= 11 is 0. The Bertz CT molecular complexity index is 1590. The number of allylic oxidation sites excluding steroid dienone is 2. The van der Waals surface area contributed by atoms with Crippen molar-refractivity contribution in [3.8, 4) is 0 Å². The van der Waals surface area contributed by atoms with Crippen molar-refractivity contribution < 1.29 is 68.6 Å². The number of carbonyl (C=O) groups is 2. The molecule has 336 valence electrons. The topological polar surface area (TPSA) is 211 Å². The van der Waals surface area contributed by atoms with E-state index < -0.39 is 96.4 Å². The van der Waals surface area contributed by atoms with E-state index in [2.05, 4.69) is 61.5 Å². The zero-order chi connectivity index (χ0) is 43.6. The lowest BCUT2D eigenvalue weighted by atomic mass is 9.38. The summed E-state index contributed by atoms with van der Waals surface area (Å²) in [7, 11) is 0. The van der Waals surface area contributed by atoms with E-state index in [-0.39, 0.29) is 47.7 Å². The van der Waals surface area contributed by atoms with Gasteiger partial charge in [0.15, 0.2) is 18.7 Å². The molecular weight excluding hydrogens is 764 g/mol. The molecule has 14 heteroatoms. The SMILES string of the molecule is CC(=O)OCC1OC(OC2CC3(C)C4C(O)C=C5C(CCC(OC6OCC(OC(C)=O)C(O)C6O)C5(C)C)C4(C)CCC3(C)C2C(C)CCC=C(C)C)C(O)C(O)C1O. The first kappa shape index (κ1) is 46.5. The molecule has 59 heavy (non-hydrogen) atoms. The molecule has 2 saturated heterocycles. The predicted molar refractivity (Wildman–Crippen MR) is 214 cm³/mol. The molecule has 0 aromatic heterocycles. The van der Waals surface area contributed by atoms with Crippen LogP contribution in [0.4, 0.5) is 0 Å². The first-order valence-electron chi connectivity index (χ1n) is 21.8. The summed E-state index contributed by atoms with van der Waals surface area (Å²) in [5.74, 6) is -1.00. The molecule has 2 heterocycles. The van der Waals surface area contributed by atoms with Gasteiger partial charge >= 0.3 is 11.9 Å². The minimum Gasteiger partial charge on any atom is -0.463 e. The molecule has 4 aliphatic carbocycles. The van der Waals surface area contributed by atoms with Crippen LogP contribution in [0.2, 0.25) is 0 Å². The highest BCUT2D eigenvalue weighted by molar-refractivity contribution is 5.66. The maximum Gasteiger partial charge on any atom is 0.303 e. The van der Waals surface area contributed by atoms with Crippen molar-refractivity contribution in [2.75, 3.05) is 13.2 Å². The van der Waals surface area contributed by atoms with E-state index in [1.807, 2.05) is 6.08 Å². The van der Waals surface area contributed by atoms with Crippen LogP contribution < -0.4 is 0 Å². The fourth-order valence-electron chi connectivity index (χ4n) is 12.9. The molecule has 19 unspecified atom stereocenters. The number of fused-ring (bicyclic) bond motifs is 5. The van der Waals surface area contributed by atoms with Crippen molar-refractivity contribution in [2.45, 2.75) is 188 Å². The molecule has 2 aliphatic heterocycles. The van der Waals surface area contributed by atoms with Gasteiger partial charge in [-0.05, 0) is 92.8 Å². The number of hydrogen-bond donors (Lipinski definition) is 6. The lowest BCUT2D eigenvalue weighted by Crippen LogP contribution is -2.63. The number of carbonyl (C=O) groups excluding carboxylic acids is 2. The van der Waals surface area contributed by atoms with Crippen molar-refractivity contribution in [3.63, 3.8) is 0 Å². The highest BCUT2D eigenvalue weighted by Gasteiger charge is 2.72. The van der Waals surface area contributed by atoms with Crippen LogP contribution in [0.1, 0.15) is 114 Å². The molecular formula is C45H72O14. The zero-order valence-electron chi connectivity index (χ0n) is 36.7. The summed E-state index contributed by atoms with van der Waals surface area (Å²) < 4.78 is 35.5. The van der Waals surface area contributed by atoms with E-state index in [0.29, 0.717) is 12.8 Å². The van der Waals surface area contributed by atoms with Crippen LogP contribution in [0.15, 0.2) is 23.3 Å². The Morgan fingerprint density at radius 2 is 1.51 bits per heavy atom. The van der Waals surface area contributed by atoms with Gasteiger partial charge in [0, 0.05) is 25.2 Å². The summed E-state index contributed by atoms with van der Waals surface area (Å²) in [6.07, 6.45) is -3.72. The molecule has 0 bridgehead atoms. The summed E-state index contributed by atoms with van der Waals surface area (Å²) in [5, 5.41) is 67.2. The Morgan fingerprint density at radius 3 is 2.15 bits per heavy atom. The Labute approximate surface area is 349 Å². The molecule has 6 rings (SSSR count). The van der Waals surface area contributed by atoms with E-state index in [4.69, 9.17) is 28.4 Å². The smallest absolute Gasteiger partial charge is 0.303 e. The molecule has 6 N–H and O–H groups in total. The van der Waals surface area contributed by atoms with Crippen molar-refractivity contribution in [1.29, 1.82) is 0 Å². The Hall–Kier alpha value is -1.98. The molecule has 0 spiro atoms. The monoisotopic (exact) mass is 836 g/mol. The zero-order valence-corrected chi connectivity index (χ0v) is 36.7. The minimum absolute atomic E-state index is 0.00908. The average molecular weight is 837 g/mol. The third-order valence-electron chi connectivity index (χ3n) is 16.0. The fourth-order valence-corrected chi connectivity index (χ4v) is 12.9. The quantitative estimate of drug-likeness (QED) is 0.130. The number of hydrogen-bond acceptors (Lipinski definition) is 14. The standard InChI is InChI=1S/C45H72O14/c1-22(2)12-11-13-23(3)33-29(57-41-38(53)36(51)34(49)31(58-41)20-54-24(4)46)19-45(10)39-28(48)18-27-26(43(39,8)16-17-44(33,45)9)14-15-32(42(27,6)7)59-40-37(52)35(50)30(21-55-40)56-25(5)47/h12,18,23,26,28-41,48-53H,11,13-17,19-21H2,1-10H3. The normalized spacial score (nSPS) is 47.1. The Morgan fingerprint density at radius 1 is 0.831 bits per heavy atom. The van der Waals surface area contributed by atoms with Crippen LogP contribution in [-0.2, 0) is 38.0 Å². The van der Waals surface area contributed by atoms with Gasteiger partial charge in [-0.2, -0.15) is 0 Å². The third kappa shape index (κ3) is 8.34. The second-order valence-corrected chi connectivity index (χ2v) is 20.3. The molecule has 5 fully saturated rings. The summed E-state index contributed by atoms with van der Waals surface area (Å²) in [5.41, 5.74) is 0.736. The highest BCUT2D eigenvalue weighted by atomic mass is 16.7. The number of rotatable bonds is 11. The Kier molecular flexibility index (Phi) is 13.6. The van der Waals surface area contributed by atoms with Gasteiger partial charge in [-0.1, -0.05) is 64.8 Å². The van der Waals surface area contributed by atoms with E-state index in [0.717, 1.165) is 37.7 Å². The maximum absolute atomic E-state index is 12.6. The van der Waals surface area contributed by atoms with Crippen molar-refractivity contribution in [3.05, 3.63) is 23.3 Å². The second-order valence-electron chi connectivity index (χ2n) is 20.3. The summed E-state index contributed by atoms with van der Waals surface area (Å²) in [6.45, 7) is 19.7. The molecule has 0 amide bonds. The first-order chi connectivity index (χ1) is 27.5. The van der Waals surface area contributed by atoms with Gasteiger partial charge in [0.25, 0.3) is 0 Å². The molecule has 6 aliphatic rings. The van der Waals surface area contributed by atoms with Crippen molar-refractivity contribution >= 4 is 11.9 Å². The van der Waals surface area contributed by atoms with Crippen LogP contribution in [0.25, 0.3) is 0 Å². The fraction of sp³-hybridized carbons (Fsp3) is 0.867. The Balaban J connectivity index is 1.29. The maximum atomic E-state index is 12.6. The average Bonchev–Trinajstić information content (AvgIpc) is 3.37. The molecule has 0 radical (unpaired) electrons. The number of aliphatic hydroxyl groups excluding tert-OH is 6. The lowest BCUT2D eigenvalue weighted by molar-refractivity contribution is -0.316. The number of ether oxygens (including phenoxy) is 6. The van der Waals surface area contributed by atoms with E-state index >= 15 is 0 Å². The van der Waals surface area contributed by atoms with Crippen molar-refractivity contribution in [1.82, 2.24) is 0 Å². The minimum atomic E-state index is -1.58.